The minimum absolute atomic E-state index is 0.708. The lowest BCUT2D eigenvalue weighted by Gasteiger charge is -2.13. The molecule has 0 spiro atoms. The maximum absolute atomic E-state index is 5.09. The Morgan fingerprint density at radius 3 is 1.75 bits per heavy atom. The molecule has 0 N–H and O–H groups in total. The van der Waals surface area contributed by atoms with Gasteiger partial charge in [-0.3, -0.25) is 0 Å². The van der Waals surface area contributed by atoms with Gasteiger partial charge in [0.15, 0.2) is 5.82 Å². The van der Waals surface area contributed by atoms with Crippen LogP contribution in [0.25, 0.3) is 92.7 Å². The minimum Gasteiger partial charge on any atom is -0.309 e. The van der Waals surface area contributed by atoms with E-state index in [-0.39, 0.29) is 0 Å². The van der Waals surface area contributed by atoms with Crippen LogP contribution in [0.1, 0.15) is 11.1 Å². The lowest BCUT2D eigenvalue weighted by Crippen LogP contribution is -1.97. The van der Waals surface area contributed by atoms with Crippen LogP contribution in [-0.4, -0.2) is 14.5 Å². The van der Waals surface area contributed by atoms with Gasteiger partial charge >= 0.3 is 0 Å². The number of fused-ring (bicyclic) bond motifs is 6. The molecule has 0 atom stereocenters. The second-order valence-electron chi connectivity index (χ2n) is 13.5. The van der Waals surface area contributed by atoms with Crippen molar-refractivity contribution in [1.82, 2.24) is 14.5 Å². The molecule has 7 aromatic carbocycles. The summed E-state index contributed by atoms with van der Waals surface area (Å²) in [5, 5.41) is 5.12. The maximum Gasteiger partial charge on any atom is 0.160 e. The summed E-state index contributed by atoms with van der Waals surface area (Å²) in [5.41, 5.74) is 13.5. The van der Waals surface area contributed by atoms with Gasteiger partial charge in [0.05, 0.1) is 22.4 Å². The first-order chi connectivity index (χ1) is 25.6. The molecule has 0 radical (unpaired) electrons. The quantitative estimate of drug-likeness (QED) is 0.181. The molecule has 4 heteroatoms. The standard InChI is InChI=1S/C48H33N3S/c1-30-13-9-10-18-36(30)38-26-39-40-28-47-41(37-19-11-12-20-46(37)52-47)27-45(40)51(44(39)25-31(38)2)35-23-21-34(22-24-35)48-49-42(32-14-5-3-6-15-32)29-43(50-48)33-16-7-4-8-17-33/h3-29H,1-2H3. The van der Waals surface area contributed by atoms with Crippen molar-refractivity contribution in [2.75, 3.05) is 0 Å². The van der Waals surface area contributed by atoms with Gasteiger partial charge in [-0.1, -0.05) is 103 Å². The van der Waals surface area contributed by atoms with Crippen molar-refractivity contribution in [2.24, 2.45) is 0 Å². The number of aromatic nitrogens is 3. The Balaban J connectivity index is 1.18. The molecule has 10 aromatic rings. The molecule has 0 aliphatic rings. The molecule has 0 fully saturated rings. The summed E-state index contributed by atoms with van der Waals surface area (Å²) in [7, 11) is 0. The predicted octanol–water partition coefficient (Wildman–Crippen LogP) is 13.2. The number of benzene rings is 7. The SMILES string of the molecule is Cc1ccccc1-c1cc2c3cc4sc5ccccc5c4cc3n(-c3ccc(-c4nc(-c5ccccc5)cc(-c5ccccc5)n4)cc3)c2cc1C. The number of nitrogens with zero attached hydrogens (tertiary/aromatic N) is 3. The van der Waals surface area contributed by atoms with Gasteiger partial charge in [0, 0.05) is 53.3 Å². The van der Waals surface area contributed by atoms with E-state index in [2.05, 4.69) is 170 Å². The second kappa shape index (κ2) is 12.2. The summed E-state index contributed by atoms with van der Waals surface area (Å²) in [4.78, 5) is 10.2. The molecule has 0 amide bonds. The Bertz CT molecular complexity index is 2900. The normalized spacial score (nSPS) is 11.7. The fraction of sp³-hybridized carbons (Fsp3) is 0.0417. The molecule has 0 aliphatic carbocycles. The van der Waals surface area contributed by atoms with Crippen LogP contribution in [0.2, 0.25) is 0 Å². The molecular weight excluding hydrogens is 651 g/mol. The van der Waals surface area contributed by atoms with Gasteiger partial charge in [-0.05, 0) is 96.8 Å². The predicted molar refractivity (Wildman–Crippen MR) is 220 cm³/mol. The summed E-state index contributed by atoms with van der Waals surface area (Å²) >= 11 is 1.87. The van der Waals surface area contributed by atoms with Gasteiger partial charge in [-0.25, -0.2) is 9.97 Å². The van der Waals surface area contributed by atoms with Crippen LogP contribution in [0, 0.1) is 13.8 Å². The summed E-state index contributed by atoms with van der Waals surface area (Å²) in [6.45, 7) is 4.44. The second-order valence-corrected chi connectivity index (χ2v) is 14.6. The van der Waals surface area contributed by atoms with Crippen molar-refractivity contribution >= 4 is 53.3 Å². The zero-order chi connectivity index (χ0) is 34.8. The fourth-order valence-electron chi connectivity index (χ4n) is 7.68. The van der Waals surface area contributed by atoms with Crippen LogP contribution in [0.15, 0.2) is 164 Å². The number of hydrogen-bond acceptors (Lipinski definition) is 3. The first kappa shape index (κ1) is 30.5. The van der Waals surface area contributed by atoms with Gasteiger partial charge in [0.1, 0.15) is 0 Å². The van der Waals surface area contributed by atoms with Crippen molar-refractivity contribution in [1.29, 1.82) is 0 Å². The van der Waals surface area contributed by atoms with Gasteiger partial charge < -0.3 is 4.57 Å². The Morgan fingerprint density at radius 2 is 1.04 bits per heavy atom. The number of rotatable bonds is 5. The molecule has 0 aliphatic heterocycles. The molecule has 3 heterocycles. The smallest absolute Gasteiger partial charge is 0.160 e. The van der Waals surface area contributed by atoms with E-state index < -0.39 is 0 Å². The van der Waals surface area contributed by atoms with Crippen LogP contribution < -0.4 is 0 Å². The third-order valence-corrected chi connectivity index (χ3v) is 11.4. The first-order valence-electron chi connectivity index (χ1n) is 17.7. The van der Waals surface area contributed by atoms with E-state index in [1.165, 1.54) is 64.2 Å². The molecular formula is C48H33N3S. The van der Waals surface area contributed by atoms with Gasteiger partial charge in [-0.15, -0.1) is 11.3 Å². The number of aryl methyl sites for hydroxylation is 2. The molecule has 0 saturated heterocycles. The lowest BCUT2D eigenvalue weighted by atomic mass is 9.95. The first-order valence-corrected chi connectivity index (χ1v) is 18.5. The summed E-state index contributed by atoms with van der Waals surface area (Å²) < 4.78 is 5.06. The van der Waals surface area contributed by atoms with Gasteiger partial charge in [0.25, 0.3) is 0 Å². The molecule has 0 saturated carbocycles. The van der Waals surface area contributed by atoms with Crippen LogP contribution in [0.5, 0.6) is 0 Å². The van der Waals surface area contributed by atoms with E-state index in [0.717, 1.165) is 33.8 Å². The van der Waals surface area contributed by atoms with Crippen LogP contribution in [0.3, 0.4) is 0 Å². The molecule has 3 aromatic heterocycles. The summed E-state index contributed by atoms with van der Waals surface area (Å²) in [5.74, 6) is 0.708. The highest BCUT2D eigenvalue weighted by molar-refractivity contribution is 7.25. The lowest BCUT2D eigenvalue weighted by molar-refractivity contribution is 1.16. The van der Waals surface area contributed by atoms with E-state index in [4.69, 9.17) is 9.97 Å². The van der Waals surface area contributed by atoms with Gasteiger partial charge in [-0.2, -0.15) is 0 Å². The van der Waals surface area contributed by atoms with Crippen molar-refractivity contribution in [3.63, 3.8) is 0 Å². The van der Waals surface area contributed by atoms with Crippen molar-refractivity contribution in [3.05, 3.63) is 175 Å². The third-order valence-electron chi connectivity index (χ3n) is 10.3. The largest absolute Gasteiger partial charge is 0.309 e. The number of hydrogen-bond donors (Lipinski definition) is 0. The van der Waals surface area contributed by atoms with Gasteiger partial charge in [0.2, 0.25) is 0 Å². The zero-order valence-corrected chi connectivity index (χ0v) is 29.7. The van der Waals surface area contributed by atoms with Crippen molar-refractivity contribution in [3.8, 4) is 50.7 Å². The van der Waals surface area contributed by atoms with E-state index in [0.29, 0.717) is 5.82 Å². The van der Waals surface area contributed by atoms with E-state index in [1.807, 2.05) is 23.5 Å². The van der Waals surface area contributed by atoms with E-state index in [1.54, 1.807) is 0 Å². The maximum atomic E-state index is 5.09. The monoisotopic (exact) mass is 683 g/mol. The van der Waals surface area contributed by atoms with Crippen LogP contribution in [0.4, 0.5) is 0 Å². The Kier molecular flexibility index (Phi) is 7.12. The summed E-state index contributed by atoms with van der Waals surface area (Å²) in [6, 6.07) is 58.6. The highest BCUT2D eigenvalue weighted by atomic mass is 32.1. The Hall–Kier alpha value is -6.36. The zero-order valence-electron chi connectivity index (χ0n) is 28.8. The van der Waals surface area contributed by atoms with Crippen LogP contribution >= 0.6 is 11.3 Å². The Morgan fingerprint density at radius 1 is 0.423 bits per heavy atom. The van der Waals surface area contributed by atoms with E-state index in [9.17, 15) is 0 Å². The van der Waals surface area contributed by atoms with Crippen LogP contribution in [-0.2, 0) is 0 Å². The minimum atomic E-state index is 0.708. The molecule has 3 nitrogen and oxygen atoms in total. The molecule has 52 heavy (non-hydrogen) atoms. The Labute approximate surface area is 306 Å². The number of thiophene rings is 1. The summed E-state index contributed by atoms with van der Waals surface area (Å²) in [6.07, 6.45) is 0. The highest BCUT2D eigenvalue weighted by Crippen LogP contribution is 2.43. The fourth-order valence-corrected chi connectivity index (χ4v) is 8.80. The van der Waals surface area contributed by atoms with Crippen molar-refractivity contribution < 1.29 is 0 Å². The topological polar surface area (TPSA) is 30.7 Å². The third kappa shape index (κ3) is 5.03. The average molecular weight is 684 g/mol. The molecule has 0 bridgehead atoms. The average Bonchev–Trinajstić information content (AvgIpc) is 3.71. The van der Waals surface area contributed by atoms with Crippen molar-refractivity contribution in [2.45, 2.75) is 13.8 Å². The highest BCUT2D eigenvalue weighted by Gasteiger charge is 2.19. The molecule has 10 rings (SSSR count). The molecule has 246 valence electrons. The molecule has 0 unspecified atom stereocenters. The van der Waals surface area contributed by atoms with E-state index >= 15 is 0 Å².